The summed E-state index contributed by atoms with van der Waals surface area (Å²) in [6.07, 6.45) is 3.41. The van der Waals surface area contributed by atoms with Crippen molar-refractivity contribution in [2.24, 2.45) is 5.73 Å². The van der Waals surface area contributed by atoms with Crippen LogP contribution in [0.15, 0.2) is 48.8 Å². The van der Waals surface area contributed by atoms with Crippen molar-refractivity contribution in [1.29, 1.82) is 0 Å². The fourth-order valence-corrected chi connectivity index (χ4v) is 1.64. The van der Waals surface area contributed by atoms with Gasteiger partial charge >= 0.3 is 6.03 Å². The summed E-state index contributed by atoms with van der Waals surface area (Å²) >= 11 is 0. The number of anilines is 1. The van der Waals surface area contributed by atoms with Gasteiger partial charge in [-0.15, -0.1) is 0 Å². The molecule has 0 aliphatic heterocycles. The number of carbonyl (C=O) groups excluding carboxylic acids is 1. The fraction of sp³-hybridized carbons (Fsp3) is 0.143. The maximum absolute atomic E-state index is 11.7. The van der Waals surface area contributed by atoms with Gasteiger partial charge in [-0.2, -0.15) is 0 Å². The minimum atomic E-state index is -0.252. The summed E-state index contributed by atoms with van der Waals surface area (Å²) in [5.74, 6) is 0. The molecule has 98 valence electrons. The summed E-state index contributed by atoms with van der Waals surface area (Å²) < 4.78 is 0. The quantitative estimate of drug-likeness (QED) is 0.781. The smallest absolute Gasteiger partial charge is 0.319 e. The SMILES string of the molecule is NCc1cccc(NC(=O)NCc2cccnc2)c1. The molecular weight excluding hydrogens is 240 g/mol. The van der Waals surface area contributed by atoms with E-state index in [1.165, 1.54) is 0 Å². The first-order valence-electron chi connectivity index (χ1n) is 6.00. The van der Waals surface area contributed by atoms with Crippen molar-refractivity contribution in [2.75, 3.05) is 5.32 Å². The van der Waals surface area contributed by atoms with Crippen LogP contribution in [0.5, 0.6) is 0 Å². The highest BCUT2D eigenvalue weighted by Gasteiger charge is 2.02. The number of rotatable bonds is 4. The molecule has 0 saturated heterocycles. The minimum absolute atomic E-state index is 0.252. The standard InChI is InChI=1S/C14H16N4O/c15-8-11-3-1-5-13(7-11)18-14(19)17-10-12-4-2-6-16-9-12/h1-7,9H,8,10,15H2,(H2,17,18,19). The summed E-state index contributed by atoms with van der Waals surface area (Å²) in [6.45, 7) is 0.892. The van der Waals surface area contributed by atoms with Crippen LogP contribution in [-0.4, -0.2) is 11.0 Å². The molecule has 2 amide bonds. The van der Waals surface area contributed by atoms with Crippen LogP contribution in [-0.2, 0) is 13.1 Å². The average molecular weight is 256 g/mol. The summed E-state index contributed by atoms with van der Waals surface area (Å²) in [7, 11) is 0. The molecule has 0 atom stereocenters. The number of amides is 2. The average Bonchev–Trinajstić information content (AvgIpc) is 2.46. The zero-order chi connectivity index (χ0) is 13.5. The van der Waals surface area contributed by atoms with Gasteiger partial charge in [-0.25, -0.2) is 4.79 Å². The Morgan fingerprint density at radius 2 is 2.05 bits per heavy atom. The molecule has 0 aliphatic carbocycles. The number of hydrogen-bond donors (Lipinski definition) is 3. The van der Waals surface area contributed by atoms with Crippen LogP contribution in [0.1, 0.15) is 11.1 Å². The summed E-state index contributed by atoms with van der Waals surface area (Å²) in [4.78, 5) is 15.7. The lowest BCUT2D eigenvalue weighted by Gasteiger charge is -2.08. The van der Waals surface area contributed by atoms with E-state index in [0.717, 1.165) is 16.8 Å². The molecule has 0 spiro atoms. The van der Waals surface area contributed by atoms with Gasteiger partial charge in [0.05, 0.1) is 0 Å². The van der Waals surface area contributed by atoms with Gasteiger partial charge in [-0.1, -0.05) is 18.2 Å². The van der Waals surface area contributed by atoms with Crippen LogP contribution in [0.4, 0.5) is 10.5 Å². The van der Waals surface area contributed by atoms with E-state index in [-0.39, 0.29) is 6.03 Å². The predicted octanol–water partition coefficient (Wildman–Crippen LogP) is 1.86. The number of nitrogens with zero attached hydrogens (tertiary/aromatic N) is 1. The molecule has 5 nitrogen and oxygen atoms in total. The highest BCUT2D eigenvalue weighted by molar-refractivity contribution is 5.89. The zero-order valence-corrected chi connectivity index (χ0v) is 10.5. The first-order valence-corrected chi connectivity index (χ1v) is 6.00. The Morgan fingerprint density at radius 1 is 1.21 bits per heavy atom. The fourth-order valence-electron chi connectivity index (χ4n) is 1.64. The number of pyridine rings is 1. The Hall–Kier alpha value is -2.40. The third-order valence-electron chi connectivity index (χ3n) is 2.60. The van der Waals surface area contributed by atoms with Gasteiger partial charge in [0, 0.05) is 31.2 Å². The first kappa shape index (κ1) is 13.0. The maximum atomic E-state index is 11.7. The Morgan fingerprint density at radius 3 is 2.79 bits per heavy atom. The Kier molecular flexibility index (Phi) is 4.47. The molecule has 5 heteroatoms. The topological polar surface area (TPSA) is 80.0 Å². The zero-order valence-electron chi connectivity index (χ0n) is 10.5. The highest BCUT2D eigenvalue weighted by atomic mass is 16.2. The van der Waals surface area contributed by atoms with Gasteiger partial charge in [0.15, 0.2) is 0 Å². The number of hydrogen-bond acceptors (Lipinski definition) is 3. The van der Waals surface area contributed by atoms with Gasteiger partial charge < -0.3 is 16.4 Å². The largest absolute Gasteiger partial charge is 0.334 e. The van der Waals surface area contributed by atoms with Crippen molar-refractivity contribution in [2.45, 2.75) is 13.1 Å². The van der Waals surface area contributed by atoms with E-state index in [4.69, 9.17) is 5.73 Å². The Balaban J connectivity index is 1.87. The van der Waals surface area contributed by atoms with Crippen LogP contribution in [0.25, 0.3) is 0 Å². The number of carbonyl (C=O) groups is 1. The minimum Gasteiger partial charge on any atom is -0.334 e. The van der Waals surface area contributed by atoms with Crippen molar-refractivity contribution in [3.8, 4) is 0 Å². The number of nitrogens with one attached hydrogen (secondary N) is 2. The van der Waals surface area contributed by atoms with E-state index in [0.29, 0.717) is 13.1 Å². The Labute approximate surface area is 111 Å². The van der Waals surface area contributed by atoms with E-state index in [1.807, 2.05) is 36.4 Å². The third kappa shape index (κ3) is 4.08. The highest BCUT2D eigenvalue weighted by Crippen LogP contribution is 2.09. The van der Waals surface area contributed by atoms with Gasteiger partial charge in [0.2, 0.25) is 0 Å². The summed E-state index contributed by atoms with van der Waals surface area (Å²) in [6, 6.07) is 10.9. The number of aromatic nitrogens is 1. The second-order valence-electron chi connectivity index (χ2n) is 4.07. The van der Waals surface area contributed by atoms with Crippen molar-refractivity contribution >= 4 is 11.7 Å². The van der Waals surface area contributed by atoms with Crippen LogP contribution < -0.4 is 16.4 Å². The molecule has 0 fully saturated rings. The molecule has 1 aromatic heterocycles. The number of benzene rings is 1. The molecule has 19 heavy (non-hydrogen) atoms. The molecule has 2 rings (SSSR count). The second-order valence-corrected chi connectivity index (χ2v) is 4.07. The van der Waals surface area contributed by atoms with E-state index < -0.39 is 0 Å². The van der Waals surface area contributed by atoms with Crippen LogP contribution in [0.2, 0.25) is 0 Å². The summed E-state index contributed by atoms with van der Waals surface area (Å²) in [5, 5.41) is 5.52. The number of urea groups is 1. The molecule has 0 aliphatic rings. The van der Waals surface area contributed by atoms with Gasteiger partial charge in [0.1, 0.15) is 0 Å². The van der Waals surface area contributed by atoms with E-state index in [2.05, 4.69) is 15.6 Å². The van der Waals surface area contributed by atoms with Crippen LogP contribution in [0.3, 0.4) is 0 Å². The lowest BCUT2D eigenvalue weighted by Crippen LogP contribution is -2.28. The van der Waals surface area contributed by atoms with Crippen LogP contribution in [0, 0.1) is 0 Å². The van der Waals surface area contributed by atoms with Crippen molar-refractivity contribution in [3.63, 3.8) is 0 Å². The molecule has 4 N–H and O–H groups in total. The Bertz CT molecular complexity index is 542. The lowest BCUT2D eigenvalue weighted by atomic mass is 10.2. The van der Waals surface area contributed by atoms with E-state index in [1.54, 1.807) is 12.4 Å². The molecule has 0 unspecified atom stereocenters. The van der Waals surface area contributed by atoms with Crippen molar-refractivity contribution < 1.29 is 4.79 Å². The lowest BCUT2D eigenvalue weighted by molar-refractivity contribution is 0.251. The molecule has 2 aromatic rings. The van der Waals surface area contributed by atoms with Crippen molar-refractivity contribution in [1.82, 2.24) is 10.3 Å². The van der Waals surface area contributed by atoms with Crippen LogP contribution >= 0.6 is 0 Å². The molecule has 1 aromatic carbocycles. The maximum Gasteiger partial charge on any atom is 0.319 e. The predicted molar refractivity (Wildman–Crippen MR) is 74.4 cm³/mol. The monoisotopic (exact) mass is 256 g/mol. The third-order valence-corrected chi connectivity index (χ3v) is 2.60. The first-order chi connectivity index (χ1) is 9.28. The van der Waals surface area contributed by atoms with Gasteiger partial charge in [-0.3, -0.25) is 4.98 Å². The van der Waals surface area contributed by atoms with Crippen molar-refractivity contribution in [3.05, 3.63) is 59.9 Å². The van der Waals surface area contributed by atoms with Gasteiger partial charge in [-0.05, 0) is 29.3 Å². The molecule has 1 heterocycles. The second kappa shape index (κ2) is 6.51. The molecule has 0 bridgehead atoms. The summed E-state index contributed by atoms with van der Waals surface area (Å²) in [5.41, 5.74) is 8.21. The van der Waals surface area contributed by atoms with Gasteiger partial charge in [0.25, 0.3) is 0 Å². The molecule has 0 radical (unpaired) electrons. The van der Waals surface area contributed by atoms with E-state index >= 15 is 0 Å². The van der Waals surface area contributed by atoms with E-state index in [9.17, 15) is 4.79 Å². The normalized spacial score (nSPS) is 9.95. The molecule has 0 saturated carbocycles. The number of nitrogens with two attached hydrogens (primary N) is 1. The molecular formula is C14H16N4O.